The van der Waals surface area contributed by atoms with E-state index in [1.807, 2.05) is 12.1 Å². The molecule has 94 valence electrons. The molecule has 0 radical (unpaired) electrons. The molecule has 4 nitrogen and oxygen atoms in total. The van der Waals surface area contributed by atoms with Crippen LogP contribution in [0.3, 0.4) is 0 Å². The van der Waals surface area contributed by atoms with Crippen molar-refractivity contribution >= 4 is 5.69 Å². The first-order valence-electron chi connectivity index (χ1n) is 6.17. The van der Waals surface area contributed by atoms with Gasteiger partial charge in [-0.15, -0.1) is 0 Å². The lowest BCUT2D eigenvalue weighted by molar-refractivity contribution is 0.0384. The largest absolute Gasteiger partial charge is 0.399 e. The molecule has 17 heavy (non-hydrogen) atoms. The van der Waals surface area contributed by atoms with Gasteiger partial charge in [0, 0.05) is 31.9 Å². The van der Waals surface area contributed by atoms with Crippen molar-refractivity contribution in [1.82, 2.24) is 4.90 Å². The van der Waals surface area contributed by atoms with E-state index in [4.69, 9.17) is 16.2 Å². The van der Waals surface area contributed by atoms with E-state index in [1.165, 1.54) is 5.56 Å². The van der Waals surface area contributed by atoms with Gasteiger partial charge in [-0.25, -0.2) is 0 Å². The van der Waals surface area contributed by atoms with E-state index in [1.54, 1.807) is 0 Å². The quantitative estimate of drug-likeness (QED) is 0.750. The fourth-order valence-electron chi connectivity index (χ4n) is 2.11. The number of ether oxygens (including phenoxy) is 1. The van der Waals surface area contributed by atoms with E-state index >= 15 is 0 Å². The van der Waals surface area contributed by atoms with E-state index in [2.05, 4.69) is 11.0 Å². The van der Waals surface area contributed by atoms with Crippen molar-refractivity contribution < 1.29 is 4.74 Å². The molecule has 0 saturated carbocycles. The smallest absolute Gasteiger partial charge is 0.0594 e. The third-order valence-corrected chi connectivity index (χ3v) is 3.24. The number of morpholine rings is 1. The molecular formula is C13H21N3O. The van der Waals surface area contributed by atoms with Gasteiger partial charge in [0.05, 0.1) is 13.2 Å². The van der Waals surface area contributed by atoms with Crippen LogP contribution >= 0.6 is 0 Å². The Kier molecular flexibility index (Phi) is 4.36. The van der Waals surface area contributed by atoms with E-state index < -0.39 is 0 Å². The minimum absolute atomic E-state index is 0.574. The predicted molar refractivity (Wildman–Crippen MR) is 69.7 cm³/mol. The van der Waals surface area contributed by atoms with Crippen LogP contribution in [0.4, 0.5) is 5.69 Å². The molecule has 0 aliphatic carbocycles. The molecule has 1 saturated heterocycles. The lowest BCUT2D eigenvalue weighted by Crippen LogP contribution is -2.37. The maximum Gasteiger partial charge on any atom is 0.0594 e. The topological polar surface area (TPSA) is 64.5 Å². The number of benzene rings is 1. The number of nitrogens with two attached hydrogens (primary N) is 2. The summed E-state index contributed by atoms with van der Waals surface area (Å²) in [5, 5.41) is 0. The lowest BCUT2D eigenvalue weighted by atomic mass is 10.1. The number of nitrogen functional groups attached to an aromatic ring is 1. The zero-order chi connectivity index (χ0) is 12.1. The second kappa shape index (κ2) is 6.00. The number of rotatable bonds is 4. The lowest BCUT2D eigenvalue weighted by Gasteiger charge is -2.26. The van der Waals surface area contributed by atoms with Crippen molar-refractivity contribution in [1.29, 1.82) is 0 Å². The minimum Gasteiger partial charge on any atom is -0.399 e. The summed E-state index contributed by atoms with van der Waals surface area (Å²) in [4.78, 5) is 2.41. The molecule has 2 rings (SSSR count). The highest BCUT2D eigenvalue weighted by atomic mass is 16.5. The van der Waals surface area contributed by atoms with Crippen LogP contribution in [-0.4, -0.2) is 37.7 Å². The highest BCUT2D eigenvalue weighted by molar-refractivity contribution is 5.48. The van der Waals surface area contributed by atoms with Gasteiger partial charge in [0.15, 0.2) is 0 Å². The summed E-state index contributed by atoms with van der Waals surface area (Å²) in [7, 11) is 0. The van der Waals surface area contributed by atoms with E-state index in [0.717, 1.165) is 50.5 Å². The van der Waals surface area contributed by atoms with Crippen molar-refractivity contribution in [3.8, 4) is 0 Å². The second-order valence-corrected chi connectivity index (χ2v) is 4.44. The van der Waals surface area contributed by atoms with Crippen molar-refractivity contribution in [3.05, 3.63) is 29.3 Å². The van der Waals surface area contributed by atoms with Crippen LogP contribution in [0.2, 0.25) is 0 Å². The fourth-order valence-corrected chi connectivity index (χ4v) is 2.11. The summed E-state index contributed by atoms with van der Waals surface area (Å²) in [6.07, 6.45) is 0.986. The van der Waals surface area contributed by atoms with E-state index in [-0.39, 0.29) is 0 Å². The third kappa shape index (κ3) is 3.43. The van der Waals surface area contributed by atoms with Crippen LogP contribution in [-0.2, 0) is 17.7 Å². The summed E-state index contributed by atoms with van der Waals surface area (Å²) in [6, 6.07) is 6.07. The molecule has 0 bridgehead atoms. The summed E-state index contributed by atoms with van der Waals surface area (Å²) < 4.78 is 5.33. The molecule has 1 fully saturated rings. The molecule has 1 aliphatic heterocycles. The van der Waals surface area contributed by atoms with Crippen LogP contribution in [0, 0.1) is 0 Å². The number of anilines is 1. The van der Waals surface area contributed by atoms with Gasteiger partial charge in [-0.05, 0) is 23.6 Å². The van der Waals surface area contributed by atoms with Crippen LogP contribution in [0.15, 0.2) is 18.2 Å². The Hall–Kier alpha value is -1.10. The van der Waals surface area contributed by atoms with Crippen molar-refractivity contribution in [2.45, 2.75) is 13.0 Å². The Balaban J connectivity index is 1.92. The van der Waals surface area contributed by atoms with Gasteiger partial charge >= 0.3 is 0 Å². The van der Waals surface area contributed by atoms with E-state index in [9.17, 15) is 0 Å². The van der Waals surface area contributed by atoms with Crippen molar-refractivity contribution in [2.75, 3.05) is 38.6 Å². The monoisotopic (exact) mass is 235 g/mol. The van der Waals surface area contributed by atoms with Gasteiger partial charge in [0.25, 0.3) is 0 Å². The Morgan fingerprint density at radius 3 is 2.71 bits per heavy atom. The molecule has 1 heterocycles. The Bertz CT molecular complexity index is 362. The molecule has 1 aromatic rings. The molecule has 4 N–H and O–H groups in total. The summed E-state index contributed by atoms with van der Waals surface area (Å²) in [6.45, 7) is 5.36. The van der Waals surface area contributed by atoms with E-state index in [0.29, 0.717) is 6.54 Å². The van der Waals surface area contributed by atoms with Crippen LogP contribution in [0.25, 0.3) is 0 Å². The highest BCUT2D eigenvalue weighted by Gasteiger charge is 2.10. The van der Waals surface area contributed by atoms with Crippen molar-refractivity contribution in [2.24, 2.45) is 5.73 Å². The zero-order valence-electron chi connectivity index (χ0n) is 10.2. The molecule has 4 heteroatoms. The van der Waals surface area contributed by atoms with Gasteiger partial charge in [-0.3, -0.25) is 4.90 Å². The zero-order valence-corrected chi connectivity index (χ0v) is 10.2. The first-order chi connectivity index (χ1) is 8.29. The van der Waals surface area contributed by atoms with Crippen molar-refractivity contribution in [3.63, 3.8) is 0 Å². The van der Waals surface area contributed by atoms with Gasteiger partial charge in [-0.2, -0.15) is 0 Å². The predicted octanol–water partition coefficient (Wildman–Crippen LogP) is 0.602. The summed E-state index contributed by atoms with van der Waals surface area (Å²) >= 11 is 0. The average Bonchev–Trinajstić information content (AvgIpc) is 2.39. The third-order valence-electron chi connectivity index (χ3n) is 3.24. The maximum absolute atomic E-state index is 5.98. The molecule has 0 aromatic heterocycles. The van der Waals surface area contributed by atoms with Crippen LogP contribution < -0.4 is 11.5 Å². The van der Waals surface area contributed by atoms with Gasteiger partial charge < -0.3 is 16.2 Å². The molecule has 1 aromatic carbocycles. The SMILES string of the molecule is NCc1ccc(N)c(CCN2CCOCC2)c1. The number of nitrogens with zero attached hydrogens (tertiary/aromatic N) is 1. The Labute approximate surface area is 103 Å². The number of hydrogen-bond donors (Lipinski definition) is 2. The molecule has 0 atom stereocenters. The Morgan fingerprint density at radius 2 is 2.00 bits per heavy atom. The highest BCUT2D eigenvalue weighted by Crippen LogP contribution is 2.15. The van der Waals surface area contributed by atoms with Crippen LogP contribution in [0.1, 0.15) is 11.1 Å². The first kappa shape index (κ1) is 12.4. The normalized spacial score (nSPS) is 17.2. The first-order valence-corrected chi connectivity index (χ1v) is 6.17. The van der Waals surface area contributed by atoms with Gasteiger partial charge in [0.2, 0.25) is 0 Å². The molecule has 0 spiro atoms. The number of hydrogen-bond acceptors (Lipinski definition) is 4. The van der Waals surface area contributed by atoms with Gasteiger partial charge in [-0.1, -0.05) is 12.1 Å². The summed E-state index contributed by atoms with van der Waals surface area (Å²) in [5.74, 6) is 0. The fraction of sp³-hybridized carbons (Fsp3) is 0.538. The Morgan fingerprint density at radius 1 is 1.24 bits per heavy atom. The maximum atomic E-state index is 5.98. The second-order valence-electron chi connectivity index (χ2n) is 4.44. The average molecular weight is 235 g/mol. The molecular weight excluding hydrogens is 214 g/mol. The van der Waals surface area contributed by atoms with Crippen LogP contribution in [0.5, 0.6) is 0 Å². The molecule has 1 aliphatic rings. The standard InChI is InChI=1S/C13H21N3O/c14-10-11-1-2-13(15)12(9-11)3-4-16-5-7-17-8-6-16/h1-2,9H,3-8,10,14-15H2. The molecule has 0 amide bonds. The minimum atomic E-state index is 0.574. The molecule has 0 unspecified atom stereocenters. The summed E-state index contributed by atoms with van der Waals surface area (Å²) in [5.41, 5.74) is 14.8. The van der Waals surface area contributed by atoms with Gasteiger partial charge in [0.1, 0.15) is 0 Å².